The molecule has 2 aromatic rings. The third-order valence-corrected chi connectivity index (χ3v) is 4.98. The van der Waals surface area contributed by atoms with Gasteiger partial charge in [-0.3, -0.25) is 14.7 Å². The zero-order valence-corrected chi connectivity index (χ0v) is 14.1. The van der Waals surface area contributed by atoms with Gasteiger partial charge in [0.2, 0.25) is 5.96 Å². The highest BCUT2D eigenvalue weighted by atomic mass is 35.5. The third kappa shape index (κ3) is 2.84. The summed E-state index contributed by atoms with van der Waals surface area (Å²) in [7, 11) is 0. The van der Waals surface area contributed by atoms with E-state index < -0.39 is 0 Å². The van der Waals surface area contributed by atoms with Crippen LogP contribution >= 0.6 is 34.5 Å². The number of carbonyl (C=O) groups is 1. The third-order valence-electron chi connectivity index (χ3n) is 3.34. The minimum Gasteiger partial charge on any atom is -0.323 e. The number of aryl methyl sites for hydroxylation is 1. The van der Waals surface area contributed by atoms with E-state index in [2.05, 4.69) is 10.3 Å². The van der Waals surface area contributed by atoms with Gasteiger partial charge in [0.1, 0.15) is 0 Å². The van der Waals surface area contributed by atoms with Gasteiger partial charge in [-0.15, -0.1) is 11.3 Å². The van der Waals surface area contributed by atoms with Gasteiger partial charge in [0, 0.05) is 6.54 Å². The number of benzene rings is 1. The van der Waals surface area contributed by atoms with Crippen molar-refractivity contribution in [1.82, 2.24) is 4.90 Å². The van der Waals surface area contributed by atoms with Crippen LogP contribution in [0.1, 0.15) is 15.2 Å². The molecule has 0 saturated heterocycles. The molecule has 0 bridgehead atoms. The van der Waals surface area contributed by atoms with Crippen molar-refractivity contribution in [3.8, 4) is 0 Å². The molecule has 0 unspecified atom stereocenters. The number of amides is 1. The molecule has 0 spiro atoms. The largest absolute Gasteiger partial charge is 0.323 e. The number of guanidine groups is 1. The van der Waals surface area contributed by atoms with E-state index in [0.717, 1.165) is 10.4 Å². The Balaban J connectivity index is 1.85. The standard InChI is InChI=1S/C15H13Cl2N3OS/c1-9-5-8-22-13(9)14(21)20-7-6-18-15(20)19-12-10(16)3-2-4-11(12)17/h2-5,8H,6-7H2,1H3,(H,18,19). The highest BCUT2D eigenvalue weighted by Gasteiger charge is 2.27. The van der Waals surface area contributed by atoms with Crippen molar-refractivity contribution in [2.24, 2.45) is 4.99 Å². The Morgan fingerprint density at radius 1 is 1.32 bits per heavy atom. The van der Waals surface area contributed by atoms with Gasteiger partial charge in [0.05, 0.1) is 27.2 Å². The zero-order chi connectivity index (χ0) is 15.7. The topological polar surface area (TPSA) is 44.7 Å². The van der Waals surface area contributed by atoms with Crippen LogP contribution in [0.2, 0.25) is 10.0 Å². The molecule has 3 rings (SSSR count). The molecule has 1 aromatic carbocycles. The first-order valence-electron chi connectivity index (χ1n) is 6.69. The van der Waals surface area contributed by atoms with E-state index in [1.165, 1.54) is 11.3 Å². The second kappa shape index (κ2) is 6.28. The maximum absolute atomic E-state index is 12.6. The lowest BCUT2D eigenvalue weighted by Crippen LogP contribution is -2.38. The number of rotatable bonds is 2. The van der Waals surface area contributed by atoms with Gasteiger partial charge >= 0.3 is 0 Å². The number of halogens is 2. The molecule has 1 aliphatic rings. The van der Waals surface area contributed by atoms with Crippen LogP contribution < -0.4 is 5.32 Å². The Kier molecular flexibility index (Phi) is 4.38. The van der Waals surface area contributed by atoms with Crippen LogP contribution in [0.3, 0.4) is 0 Å². The van der Waals surface area contributed by atoms with Crippen LogP contribution in [0.5, 0.6) is 0 Å². The van der Waals surface area contributed by atoms with Crippen molar-refractivity contribution in [3.05, 3.63) is 50.1 Å². The summed E-state index contributed by atoms with van der Waals surface area (Å²) in [5, 5.41) is 5.97. The lowest BCUT2D eigenvalue weighted by molar-refractivity contribution is 0.0861. The first kappa shape index (κ1) is 15.3. The lowest BCUT2D eigenvalue weighted by atomic mass is 10.2. The Morgan fingerprint density at radius 2 is 2.05 bits per heavy atom. The molecular weight excluding hydrogens is 341 g/mol. The van der Waals surface area contributed by atoms with E-state index in [4.69, 9.17) is 23.2 Å². The van der Waals surface area contributed by atoms with E-state index in [1.54, 1.807) is 23.1 Å². The summed E-state index contributed by atoms with van der Waals surface area (Å²) in [6.07, 6.45) is 0. The predicted molar refractivity (Wildman–Crippen MR) is 92.5 cm³/mol. The Hall–Kier alpha value is -1.56. The molecule has 4 nitrogen and oxygen atoms in total. The quantitative estimate of drug-likeness (QED) is 0.875. The molecule has 2 heterocycles. The number of anilines is 1. The van der Waals surface area contributed by atoms with Crippen molar-refractivity contribution < 1.29 is 4.79 Å². The minimum atomic E-state index is -0.0561. The van der Waals surface area contributed by atoms with Crippen LogP contribution in [0.25, 0.3) is 0 Å². The van der Waals surface area contributed by atoms with E-state index in [0.29, 0.717) is 34.8 Å². The maximum Gasteiger partial charge on any atom is 0.270 e. The Morgan fingerprint density at radius 3 is 2.68 bits per heavy atom. The van der Waals surface area contributed by atoms with E-state index in [-0.39, 0.29) is 5.91 Å². The molecule has 0 aliphatic carbocycles. The molecule has 7 heteroatoms. The molecule has 0 fully saturated rings. The molecule has 0 radical (unpaired) electrons. The van der Waals surface area contributed by atoms with Gasteiger partial charge in [0.15, 0.2) is 0 Å². The average molecular weight is 354 g/mol. The number of para-hydroxylation sites is 1. The van der Waals surface area contributed by atoms with Gasteiger partial charge in [-0.2, -0.15) is 0 Å². The fourth-order valence-corrected chi connectivity index (χ4v) is 3.56. The smallest absolute Gasteiger partial charge is 0.270 e. The molecular formula is C15H13Cl2N3OS. The van der Waals surface area contributed by atoms with Gasteiger partial charge in [-0.1, -0.05) is 29.3 Å². The van der Waals surface area contributed by atoms with Gasteiger partial charge in [-0.05, 0) is 36.1 Å². The number of carbonyl (C=O) groups excluding carboxylic acids is 1. The molecule has 114 valence electrons. The number of thiophene rings is 1. The van der Waals surface area contributed by atoms with Crippen molar-refractivity contribution in [2.75, 3.05) is 18.4 Å². The van der Waals surface area contributed by atoms with Gasteiger partial charge in [-0.25, -0.2) is 0 Å². The molecule has 1 N–H and O–H groups in total. The predicted octanol–water partition coefficient (Wildman–Crippen LogP) is 4.29. The highest BCUT2D eigenvalue weighted by Crippen LogP contribution is 2.30. The van der Waals surface area contributed by atoms with Crippen molar-refractivity contribution in [1.29, 1.82) is 0 Å². The molecule has 0 atom stereocenters. The number of hydrogen-bond donors (Lipinski definition) is 1. The average Bonchev–Trinajstić information content (AvgIpc) is 3.11. The molecule has 0 saturated carbocycles. The van der Waals surface area contributed by atoms with Crippen LogP contribution in [0.15, 0.2) is 34.6 Å². The molecule has 22 heavy (non-hydrogen) atoms. The number of aliphatic imine (C=N–C) groups is 1. The van der Waals surface area contributed by atoms with Gasteiger partial charge in [0.25, 0.3) is 5.91 Å². The fraction of sp³-hybridized carbons (Fsp3) is 0.200. The van der Waals surface area contributed by atoms with Crippen molar-refractivity contribution in [2.45, 2.75) is 6.92 Å². The first-order chi connectivity index (χ1) is 10.6. The van der Waals surface area contributed by atoms with E-state index >= 15 is 0 Å². The Labute approximate surface area is 142 Å². The van der Waals surface area contributed by atoms with Gasteiger partial charge < -0.3 is 5.32 Å². The summed E-state index contributed by atoms with van der Waals surface area (Å²) in [6, 6.07) is 7.18. The molecule has 1 amide bonds. The van der Waals surface area contributed by atoms with Crippen molar-refractivity contribution in [3.63, 3.8) is 0 Å². The second-order valence-electron chi connectivity index (χ2n) is 4.82. The second-order valence-corrected chi connectivity index (χ2v) is 6.55. The SMILES string of the molecule is Cc1ccsc1C(=O)N1CCN=C1Nc1c(Cl)cccc1Cl. The maximum atomic E-state index is 12.6. The summed E-state index contributed by atoms with van der Waals surface area (Å²) in [5.41, 5.74) is 1.53. The van der Waals surface area contributed by atoms with Crippen LogP contribution in [-0.4, -0.2) is 29.9 Å². The summed E-state index contributed by atoms with van der Waals surface area (Å²) >= 11 is 13.7. The van der Waals surface area contributed by atoms with Crippen LogP contribution in [-0.2, 0) is 0 Å². The number of nitrogens with one attached hydrogen (secondary N) is 1. The van der Waals surface area contributed by atoms with Crippen LogP contribution in [0, 0.1) is 6.92 Å². The summed E-state index contributed by atoms with van der Waals surface area (Å²) in [6.45, 7) is 3.02. The van der Waals surface area contributed by atoms with E-state index in [1.807, 2.05) is 18.4 Å². The van der Waals surface area contributed by atoms with Crippen molar-refractivity contribution >= 4 is 52.1 Å². The summed E-state index contributed by atoms with van der Waals surface area (Å²) in [5.74, 6) is 0.423. The molecule has 1 aliphatic heterocycles. The first-order valence-corrected chi connectivity index (χ1v) is 8.33. The Bertz CT molecular complexity index is 737. The van der Waals surface area contributed by atoms with Crippen LogP contribution in [0.4, 0.5) is 5.69 Å². The molecule has 1 aromatic heterocycles. The minimum absolute atomic E-state index is 0.0561. The number of nitrogens with zero attached hydrogens (tertiary/aromatic N) is 2. The summed E-state index contributed by atoms with van der Waals surface area (Å²) < 4.78 is 0. The normalized spacial score (nSPS) is 14.1. The highest BCUT2D eigenvalue weighted by molar-refractivity contribution is 7.12. The zero-order valence-electron chi connectivity index (χ0n) is 11.8. The summed E-state index contributed by atoms with van der Waals surface area (Å²) in [4.78, 5) is 19.3. The fourth-order valence-electron chi connectivity index (χ4n) is 2.20. The lowest BCUT2D eigenvalue weighted by Gasteiger charge is -2.20. The monoisotopic (exact) mass is 353 g/mol. The number of hydrogen-bond acceptors (Lipinski definition) is 4. The van der Waals surface area contributed by atoms with E-state index in [9.17, 15) is 4.79 Å².